The van der Waals surface area contributed by atoms with Gasteiger partial charge in [-0.2, -0.15) is 12.6 Å². The van der Waals surface area contributed by atoms with Gasteiger partial charge in [-0.1, -0.05) is 0 Å². The molecule has 0 aliphatic heterocycles. The van der Waals surface area contributed by atoms with Gasteiger partial charge in [-0.3, -0.25) is 10.2 Å². The van der Waals surface area contributed by atoms with Crippen LogP contribution in [0.5, 0.6) is 0 Å². The fourth-order valence-electron chi connectivity index (χ4n) is 0.154. The quantitative estimate of drug-likeness (QED) is 0.194. The second-order valence-corrected chi connectivity index (χ2v) is 1.32. The molecule has 0 saturated carbocycles. The Labute approximate surface area is 47.9 Å². The van der Waals surface area contributed by atoms with Gasteiger partial charge < -0.3 is 0 Å². The van der Waals surface area contributed by atoms with E-state index in [1.807, 2.05) is 0 Å². The highest BCUT2D eigenvalue weighted by Crippen LogP contribution is 1.62. The molecule has 0 aromatic heterocycles. The number of thiol groups is 1. The molecule has 3 nitrogen and oxygen atoms in total. The normalized spacial score (nSPS) is 8.14. The van der Waals surface area contributed by atoms with Gasteiger partial charge in [-0.25, -0.2) is 5.43 Å². The lowest BCUT2D eigenvalue weighted by Gasteiger charge is -1.93. The average Bonchev–Trinajstić information content (AvgIpc) is 1.69. The van der Waals surface area contributed by atoms with Crippen LogP contribution in [0.25, 0.3) is 0 Å². The van der Waals surface area contributed by atoms with E-state index in [0.29, 0.717) is 12.3 Å². The molecule has 4 heteroatoms. The minimum atomic E-state index is 0.665. The van der Waals surface area contributed by atoms with E-state index >= 15 is 0 Å². The van der Waals surface area contributed by atoms with Gasteiger partial charge in [0.1, 0.15) is 0 Å². The molecule has 0 bridgehead atoms. The summed E-state index contributed by atoms with van der Waals surface area (Å²) >= 11 is 3.86. The molecule has 0 aromatic carbocycles. The lowest BCUT2D eigenvalue weighted by molar-refractivity contribution is 0.525. The Morgan fingerprint density at radius 1 is 1.71 bits per heavy atom. The predicted octanol–water partition coefficient (Wildman–Crippen LogP) is -0.922. The summed E-state index contributed by atoms with van der Waals surface area (Å²) in [6.07, 6.45) is 1.46. The Hall–Kier alpha value is -0.220. The van der Waals surface area contributed by atoms with Crippen molar-refractivity contribution in [1.82, 2.24) is 10.9 Å². The van der Waals surface area contributed by atoms with E-state index in [1.165, 1.54) is 6.41 Å². The second-order valence-electron chi connectivity index (χ2n) is 0.877. The number of rotatable bonds is 4. The van der Waals surface area contributed by atoms with E-state index in [1.54, 1.807) is 0 Å². The molecule has 1 radical (unpaired) electrons. The highest BCUT2D eigenvalue weighted by molar-refractivity contribution is 7.80. The molecule has 1 amide bonds. The molecule has 0 aliphatic rings. The van der Waals surface area contributed by atoms with Crippen LogP contribution in [0, 0.1) is 0 Å². The van der Waals surface area contributed by atoms with Gasteiger partial charge in [0.05, 0.1) is 0 Å². The minimum absolute atomic E-state index is 0.665. The van der Waals surface area contributed by atoms with E-state index in [9.17, 15) is 4.79 Å². The first-order valence-corrected chi connectivity index (χ1v) is 2.51. The summed E-state index contributed by atoms with van der Waals surface area (Å²) in [5.74, 6) is 0.703. The molecule has 0 aromatic rings. The topological polar surface area (TPSA) is 41.1 Å². The molecule has 0 spiro atoms. The van der Waals surface area contributed by atoms with Crippen molar-refractivity contribution in [2.45, 2.75) is 0 Å². The molecule has 7 heavy (non-hydrogen) atoms. The monoisotopic (exact) mass is 119 g/mol. The predicted molar refractivity (Wildman–Crippen MR) is 30.7 cm³/mol. The van der Waals surface area contributed by atoms with Crippen molar-refractivity contribution in [1.29, 1.82) is 0 Å². The lowest BCUT2D eigenvalue weighted by atomic mass is 10.8. The maximum atomic E-state index is 9.36. The van der Waals surface area contributed by atoms with Crippen molar-refractivity contribution < 1.29 is 4.79 Å². The van der Waals surface area contributed by atoms with Crippen LogP contribution in [0.3, 0.4) is 0 Å². The van der Waals surface area contributed by atoms with Crippen LogP contribution in [0.4, 0.5) is 0 Å². The zero-order chi connectivity index (χ0) is 5.54. The van der Waals surface area contributed by atoms with Crippen LogP contribution in [0.1, 0.15) is 0 Å². The third-order valence-corrected chi connectivity index (χ3v) is 0.600. The standard InChI is InChI=1S/C3H7N2OS/c6-3-5-4-1-2-7/h4,7H,1-2H2,(H,5,6). The maximum absolute atomic E-state index is 9.36. The van der Waals surface area contributed by atoms with Gasteiger partial charge in [0.2, 0.25) is 0 Å². The van der Waals surface area contributed by atoms with E-state index in [4.69, 9.17) is 0 Å². The van der Waals surface area contributed by atoms with Gasteiger partial charge in [-0.15, -0.1) is 0 Å². The Bertz CT molecular complexity index is 50.2. The first kappa shape index (κ1) is 6.78. The van der Waals surface area contributed by atoms with Crippen LogP contribution in [-0.2, 0) is 4.79 Å². The molecule has 0 unspecified atom stereocenters. The van der Waals surface area contributed by atoms with Gasteiger partial charge in [-0.05, 0) is 0 Å². The first-order valence-electron chi connectivity index (χ1n) is 1.87. The summed E-state index contributed by atoms with van der Waals surface area (Å²) in [4.78, 5) is 9.36. The molecule has 0 saturated heterocycles. The summed E-state index contributed by atoms with van der Waals surface area (Å²) < 4.78 is 0. The van der Waals surface area contributed by atoms with Crippen molar-refractivity contribution in [3.05, 3.63) is 0 Å². The zero-order valence-electron chi connectivity index (χ0n) is 3.77. The van der Waals surface area contributed by atoms with Gasteiger partial charge in [0.15, 0.2) is 0 Å². The Morgan fingerprint density at radius 3 is 2.86 bits per heavy atom. The third kappa shape index (κ3) is 5.78. The average molecular weight is 119 g/mol. The van der Waals surface area contributed by atoms with Crippen LogP contribution in [-0.4, -0.2) is 18.7 Å². The zero-order valence-corrected chi connectivity index (χ0v) is 4.66. The Kier molecular flexibility index (Phi) is 5.60. The molecular formula is C3H7N2OS. The summed E-state index contributed by atoms with van der Waals surface area (Å²) in [6.45, 7) is 0.665. The number of hydrogen-bond acceptors (Lipinski definition) is 3. The molecular weight excluding hydrogens is 112 g/mol. The van der Waals surface area contributed by atoms with E-state index in [0.717, 1.165) is 0 Å². The van der Waals surface area contributed by atoms with Crippen molar-refractivity contribution in [3.8, 4) is 0 Å². The van der Waals surface area contributed by atoms with Crippen LogP contribution in [0.15, 0.2) is 0 Å². The van der Waals surface area contributed by atoms with Crippen LogP contribution >= 0.6 is 12.6 Å². The number of hydrazine groups is 1. The van der Waals surface area contributed by atoms with Gasteiger partial charge >= 0.3 is 6.41 Å². The van der Waals surface area contributed by atoms with Gasteiger partial charge in [0, 0.05) is 12.3 Å². The van der Waals surface area contributed by atoms with E-state index in [2.05, 4.69) is 23.5 Å². The number of carbonyl (C=O) groups excluding carboxylic acids is 1. The maximum Gasteiger partial charge on any atom is 0.324 e. The smallest absolute Gasteiger partial charge is 0.283 e. The number of hydrogen-bond donors (Lipinski definition) is 3. The number of amides is 1. The molecule has 0 rings (SSSR count). The van der Waals surface area contributed by atoms with Crippen LogP contribution in [0.2, 0.25) is 0 Å². The summed E-state index contributed by atoms with van der Waals surface area (Å²) in [6, 6.07) is 0. The van der Waals surface area contributed by atoms with Crippen molar-refractivity contribution in [2.75, 3.05) is 12.3 Å². The van der Waals surface area contributed by atoms with Crippen molar-refractivity contribution >= 4 is 19.0 Å². The number of nitrogens with one attached hydrogen (secondary N) is 2. The summed E-state index contributed by atoms with van der Waals surface area (Å²) in [5.41, 5.74) is 4.68. The Morgan fingerprint density at radius 2 is 2.43 bits per heavy atom. The fraction of sp³-hybridized carbons (Fsp3) is 0.667. The molecule has 0 fully saturated rings. The summed E-state index contributed by atoms with van der Waals surface area (Å²) in [7, 11) is 0. The molecule has 0 atom stereocenters. The SMILES string of the molecule is O=[C]NNCCS. The van der Waals surface area contributed by atoms with Gasteiger partial charge in [0.25, 0.3) is 0 Å². The van der Waals surface area contributed by atoms with Crippen molar-refractivity contribution in [2.24, 2.45) is 0 Å². The van der Waals surface area contributed by atoms with E-state index < -0.39 is 0 Å². The first-order chi connectivity index (χ1) is 3.41. The van der Waals surface area contributed by atoms with E-state index in [-0.39, 0.29) is 0 Å². The fourth-order valence-corrected chi connectivity index (χ4v) is 0.266. The molecule has 2 N–H and O–H groups in total. The highest BCUT2D eigenvalue weighted by Gasteiger charge is 1.74. The molecule has 0 aliphatic carbocycles. The Balaban J connectivity index is 2.56. The highest BCUT2D eigenvalue weighted by atomic mass is 32.1. The third-order valence-electron chi connectivity index (χ3n) is 0.376. The summed E-state index contributed by atoms with van der Waals surface area (Å²) in [5, 5.41) is 0. The van der Waals surface area contributed by atoms with Crippen LogP contribution < -0.4 is 10.9 Å². The lowest BCUT2D eigenvalue weighted by Crippen LogP contribution is -2.31. The minimum Gasteiger partial charge on any atom is -0.283 e. The molecule has 0 heterocycles. The largest absolute Gasteiger partial charge is 0.324 e. The second kappa shape index (κ2) is 5.78. The van der Waals surface area contributed by atoms with Crippen molar-refractivity contribution in [3.63, 3.8) is 0 Å². The molecule has 41 valence electrons.